The molecule has 0 saturated heterocycles. The van der Waals surface area contributed by atoms with E-state index in [-0.39, 0.29) is 0 Å². The summed E-state index contributed by atoms with van der Waals surface area (Å²) >= 11 is 11.8. The number of benzene rings is 1. The quantitative estimate of drug-likeness (QED) is 0.933. The van der Waals surface area contributed by atoms with Crippen LogP contribution in [0.4, 0.5) is 0 Å². The Hall–Kier alpha value is -1.60. The zero-order valence-corrected chi connectivity index (χ0v) is 11.5. The predicted molar refractivity (Wildman–Crippen MR) is 75.9 cm³/mol. The molecule has 1 aromatic carbocycles. The number of hydrogen-bond donors (Lipinski definition) is 1. The molecule has 19 heavy (non-hydrogen) atoms. The topological polar surface area (TPSA) is 48.7 Å². The SMILES string of the molecule is N#CC(NCc1ccncc1)c1ccc(Cl)c(Cl)c1. The van der Waals surface area contributed by atoms with Crippen molar-refractivity contribution in [3.05, 3.63) is 63.9 Å². The molecule has 1 atom stereocenters. The highest BCUT2D eigenvalue weighted by Gasteiger charge is 2.11. The average molecular weight is 292 g/mol. The molecular formula is C14H11Cl2N3. The van der Waals surface area contributed by atoms with Gasteiger partial charge in [-0.15, -0.1) is 0 Å². The lowest BCUT2D eigenvalue weighted by Gasteiger charge is -2.12. The average Bonchev–Trinajstić information content (AvgIpc) is 2.44. The second-order valence-corrected chi connectivity index (χ2v) is 4.79. The summed E-state index contributed by atoms with van der Waals surface area (Å²) in [5.41, 5.74) is 1.86. The van der Waals surface area contributed by atoms with Crippen LogP contribution in [0.1, 0.15) is 17.2 Å². The minimum absolute atomic E-state index is 0.428. The largest absolute Gasteiger partial charge is 0.294 e. The fraction of sp³-hybridized carbons (Fsp3) is 0.143. The molecule has 0 aliphatic rings. The van der Waals surface area contributed by atoms with E-state index in [1.54, 1.807) is 30.6 Å². The van der Waals surface area contributed by atoms with Crippen LogP contribution in [-0.4, -0.2) is 4.98 Å². The third-order valence-corrected chi connectivity index (χ3v) is 3.40. The van der Waals surface area contributed by atoms with Crippen molar-refractivity contribution in [1.82, 2.24) is 10.3 Å². The van der Waals surface area contributed by atoms with Crippen molar-refractivity contribution < 1.29 is 0 Å². The van der Waals surface area contributed by atoms with Gasteiger partial charge in [0, 0.05) is 18.9 Å². The van der Waals surface area contributed by atoms with Gasteiger partial charge >= 0.3 is 0 Å². The molecule has 2 rings (SSSR count). The smallest absolute Gasteiger partial charge is 0.121 e. The second-order valence-electron chi connectivity index (χ2n) is 3.97. The molecule has 1 unspecified atom stereocenters. The highest BCUT2D eigenvalue weighted by Crippen LogP contribution is 2.25. The maximum Gasteiger partial charge on any atom is 0.121 e. The summed E-state index contributed by atoms with van der Waals surface area (Å²) < 4.78 is 0. The van der Waals surface area contributed by atoms with Crippen molar-refractivity contribution >= 4 is 23.2 Å². The molecule has 96 valence electrons. The van der Waals surface area contributed by atoms with Gasteiger partial charge in [0.25, 0.3) is 0 Å². The number of aromatic nitrogens is 1. The fourth-order valence-electron chi connectivity index (χ4n) is 1.65. The van der Waals surface area contributed by atoms with E-state index in [4.69, 9.17) is 23.2 Å². The van der Waals surface area contributed by atoms with Crippen LogP contribution in [0.3, 0.4) is 0 Å². The normalized spacial score (nSPS) is 11.8. The van der Waals surface area contributed by atoms with Crippen molar-refractivity contribution in [3.8, 4) is 6.07 Å². The highest BCUT2D eigenvalue weighted by molar-refractivity contribution is 6.42. The number of nitrogens with zero attached hydrogens (tertiary/aromatic N) is 2. The first kappa shape index (κ1) is 13.8. The summed E-state index contributed by atoms with van der Waals surface area (Å²) in [4.78, 5) is 3.95. The third kappa shape index (κ3) is 3.68. The van der Waals surface area contributed by atoms with E-state index in [0.29, 0.717) is 16.6 Å². The van der Waals surface area contributed by atoms with Crippen LogP contribution in [0.15, 0.2) is 42.7 Å². The molecular weight excluding hydrogens is 281 g/mol. The van der Waals surface area contributed by atoms with E-state index in [2.05, 4.69) is 16.4 Å². The fourth-order valence-corrected chi connectivity index (χ4v) is 1.96. The zero-order chi connectivity index (χ0) is 13.7. The van der Waals surface area contributed by atoms with Gasteiger partial charge in [-0.1, -0.05) is 29.3 Å². The van der Waals surface area contributed by atoms with Gasteiger partial charge < -0.3 is 0 Å². The molecule has 1 aromatic heterocycles. The molecule has 0 fully saturated rings. The van der Waals surface area contributed by atoms with Crippen LogP contribution in [0.2, 0.25) is 10.0 Å². The summed E-state index contributed by atoms with van der Waals surface area (Å²) in [6, 6.07) is 10.8. The van der Waals surface area contributed by atoms with Crippen LogP contribution >= 0.6 is 23.2 Å². The summed E-state index contributed by atoms with van der Waals surface area (Å²) in [6.07, 6.45) is 3.44. The Morgan fingerprint density at radius 3 is 2.53 bits per heavy atom. The zero-order valence-electron chi connectivity index (χ0n) is 9.98. The molecule has 3 nitrogen and oxygen atoms in total. The number of nitriles is 1. The summed E-state index contributed by atoms with van der Waals surface area (Å²) in [5.74, 6) is 0. The molecule has 0 radical (unpaired) electrons. The lowest BCUT2D eigenvalue weighted by Crippen LogP contribution is -2.19. The maximum absolute atomic E-state index is 9.22. The van der Waals surface area contributed by atoms with Crippen molar-refractivity contribution in [2.45, 2.75) is 12.6 Å². The summed E-state index contributed by atoms with van der Waals surface area (Å²) in [5, 5.41) is 13.3. The molecule has 0 saturated carbocycles. The van der Waals surface area contributed by atoms with E-state index in [9.17, 15) is 5.26 Å². The third-order valence-electron chi connectivity index (χ3n) is 2.67. The van der Waals surface area contributed by atoms with Gasteiger partial charge in [0.05, 0.1) is 16.1 Å². The molecule has 5 heteroatoms. The lowest BCUT2D eigenvalue weighted by molar-refractivity contribution is 0.630. The van der Waals surface area contributed by atoms with Crippen LogP contribution in [0, 0.1) is 11.3 Å². The molecule has 0 aliphatic heterocycles. The Morgan fingerprint density at radius 1 is 1.16 bits per heavy atom. The monoisotopic (exact) mass is 291 g/mol. The van der Waals surface area contributed by atoms with Crippen molar-refractivity contribution in [1.29, 1.82) is 5.26 Å². The van der Waals surface area contributed by atoms with Gasteiger partial charge in [-0.3, -0.25) is 10.3 Å². The molecule has 2 aromatic rings. The van der Waals surface area contributed by atoms with E-state index in [1.807, 2.05) is 12.1 Å². The maximum atomic E-state index is 9.22. The Morgan fingerprint density at radius 2 is 1.89 bits per heavy atom. The van der Waals surface area contributed by atoms with Crippen LogP contribution < -0.4 is 5.32 Å². The first-order chi connectivity index (χ1) is 9.20. The van der Waals surface area contributed by atoms with E-state index in [0.717, 1.165) is 11.1 Å². The van der Waals surface area contributed by atoms with Gasteiger partial charge in [-0.25, -0.2) is 0 Å². The van der Waals surface area contributed by atoms with E-state index in [1.165, 1.54) is 0 Å². The van der Waals surface area contributed by atoms with Gasteiger partial charge in [-0.05, 0) is 35.4 Å². The summed E-state index contributed by atoms with van der Waals surface area (Å²) in [6.45, 7) is 0.584. The second kappa shape index (κ2) is 6.53. The van der Waals surface area contributed by atoms with Gasteiger partial charge in [0.1, 0.15) is 6.04 Å². The van der Waals surface area contributed by atoms with E-state index < -0.39 is 6.04 Å². The minimum Gasteiger partial charge on any atom is -0.294 e. The number of halogens is 2. The van der Waals surface area contributed by atoms with Gasteiger partial charge in [0.2, 0.25) is 0 Å². The van der Waals surface area contributed by atoms with Gasteiger partial charge in [0.15, 0.2) is 0 Å². The highest BCUT2D eigenvalue weighted by atomic mass is 35.5. The lowest BCUT2D eigenvalue weighted by atomic mass is 10.1. The standard InChI is InChI=1S/C14H11Cl2N3/c15-12-2-1-11(7-13(12)16)14(8-17)19-9-10-3-5-18-6-4-10/h1-7,14,19H,9H2. The van der Waals surface area contributed by atoms with E-state index >= 15 is 0 Å². The van der Waals surface area contributed by atoms with Crippen LogP contribution in [0.25, 0.3) is 0 Å². The molecule has 1 heterocycles. The van der Waals surface area contributed by atoms with Crippen molar-refractivity contribution in [2.24, 2.45) is 0 Å². The molecule has 0 amide bonds. The van der Waals surface area contributed by atoms with Crippen LogP contribution in [-0.2, 0) is 6.54 Å². The Balaban J connectivity index is 2.08. The minimum atomic E-state index is -0.428. The summed E-state index contributed by atoms with van der Waals surface area (Å²) in [7, 11) is 0. The number of pyridine rings is 1. The van der Waals surface area contributed by atoms with Crippen molar-refractivity contribution in [3.63, 3.8) is 0 Å². The van der Waals surface area contributed by atoms with Crippen molar-refractivity contribution in [2.75, 3.05) is 0 Å². The molecule has 0 bridgehead atoms. The molecule has 0 aliphatic carbocycles. The number of hydrogen-bond acceptors (Lipinski definition) is 3. The Labute approximate surface area is 121 Å². The van der Waals surface area contributed by atoms with Gasteiger partial charge in [-0.2, -0.15) is 5.26 Å². The van der Waals surface area contributed by atoms with Crippen LogP contribution in [0.5, 0.6) is 0 Å². The predicted octanol–water partition coefficient (Wildman–Crippen LogP) is 3.74. The Kier molecular flexibility index (Phi) is 4.75. The first-order valence-corrected chi connectivity index (χ1v) is 6.43. The Bertz CT molecular complexity index is 593. The molecule has 0 spiro atoms. The number of nitrogens with one attached hydrogen (secondary N) is 1. The number of rotatable bonds is 4. The first-order valence-electron chi connectivity index (χ1n) is 5.67. The molecule has 1 N–H and O–H groups in total.